The number of Topliss-reactive ketones (excluding diaryl/α,β-unsaturated/α-hetero) is 1. The van der Waals surface area contributed by atoms with E-state index >= 15 is 0 Å². The molecule has 1 aromatic rings. The van der Waals surface area contributed by atoms with Crippen molar-refractivity contribution >= 4 is 31.6 Å². The number of sulfonamides is 1. The van der Waals surface area contributed by atoms with Crippen LogP contribution in [-0.2, 0) is 29.4 Å². The minimum absolute atomic E-state index is 0.0174. The van der Waals surface area contributed by atoms with Gasteiger partial charge in [0.2, 0.25) is 15.9 Å². The zero-order chi connectivity index (χ0) is 21.8. The van der Waals surface area contributed by atoms with Crippen molar-refractivity contribution in [2.75, 3.05) is 19.3 Å². The summed E-state index contributed by atoms with van der Waals surface area (Å²) in [5.41, 5.74) is 0. The molecule has 1 radical (unpaired) electrons. The maximum Gasteiger partial charge on any atom is 0.243 e. The number of sulfone groups is 1. The second-order valence-electron chi connectivity index (χ2n) is 7.59. The quantitative estimate of drug-likeness (QED) is 0.676. The van der Waals surface area contributed by atoms with Crippen molar-refractivity contribution in [1.29, 1.82) is 0 Å². The number of ketones is 1. The maximum atomic E-state index is 12.9. The summed E-state index contributed by atoms with van der Waals surface area (Å²) in [4.78, 5) is 24.5. The molecule has 2 rings (SSSR count). The molecule has 0 aliphatic carbocycles. The molecule has 0 saturated carbocycles. The largest absolute Gasteiger partial charge is 0.346 e. The van der Waals surface area contributed by atoms with Crippen LogP contribution >= 0.6 is 0 Å². The van der Waals surface area contributed by atoms with Crippen molar-refractivity contribution < 1.29 is 26.4 Å². The first-order valence-electron chi connectivity index (χ1n) is 9.38. The Balaban J connectivity index is 2.10. The third-order valence-electron chi connectivity index (χ3n) is 4.60. The molecule has 1 aliphatic rings. The van der Waals surface area contributed by atoms with Crippen molar-refractivity contribution in [1.82, 2.24) is 9.62 Å². The lowest BCUT2D eigenvalue weighted by Gasteiger charge is -2.20. The van der Waals surface area contributed by atoms with Crippen molar-refractivity contribution in [3.8, 4) is 0 Å². The van der Waals surface area contributed by atoms with E-state index in [4.69, 9.17) is 0 Å². The smallest absolute Gasteiger partial charge is 0.243 e. The van der Waals surface area contributed by atoms with Crippen LogP contribution in [0.3, 0.4) is 0 Å². The summed E-state index contributed by atoms with van der Waals surface area (Å²) in [6.07, 6.45) is 3.91. The summed E-state index contributed by atoms with van der Waals surface area (Å²) in [6, 6.07) is 4.19. The van der Waals surface area contributed by atoms with Crippen molar-refractivity contribution in [2.24, 2.45) is 5.92 Å². The number of hydrogen-bond acceptors (Lipinski definition) is 6. The van der Waals surface area contributed by atoms with Crippen LogP contribution in [0.2, 0.25) is 0 Å². The molecule has 1 heterocycles. The van der Waals surface area contributed by atoms with Crippen LogP contribution < -0.4 is 5.32 Å². The number of nitrogens with one attached hydrogen (secondary N) is 1. The zero-order valence-corrected chi connectivity index (χ0v) is 18.4. The minimum atomic E-state index is -3.96. The lowest BCUT2D eigenvalue weighted by atomic mass is 10.1. The van der Waals surface area contributed by atoms with Crippen LogP contribution in [0.1, 0.15) is 33.1 Å². The Labute approximate surface area is 172 Å². The number of amides is 1. The highest BCUT2D eigenvalue weighted by atomic mass is 32.2. The van der Waals surface area contributed by atoms with E-state index in [2.05, 4.69) is 5.32 Å². The first-order valence-corrected chi connectivity index (χ1v) is 12.7. The Kier molecular flexibility index (Phi) is 7.58. The standard InChI is InChI=1S/C19H27N2O6S2/c1-14(2)6-11-19(23)20-17-5-4-12-21(13-18(17)22)29(26,27)16-9-7-15(8-10-16)28(3,24)25/h7-11,14,17H,4-6,12-13H2,1-3H3,(H,20,23)/t17-/m0/s1. The molecule has 0 spiro atoms. The molecule has 161 valence electrons. The minimum Gasteiger partial charge on any atom is -0.346 e. The number of rotatable bonds is 7. The monoisotopic (exact) mass is 443 g/mol. The van der Waals surface area contributed by atoms with Gasteiger partial charge in [0, 0.05) is 19.2 Å². The lowest BCUT2D eigenvalue weighted by molar-refractivity contribution is -0.126. The molecular formula is C19H27N2O6S2. The van der Waals surface area contributed by atoms with Crippen LogP contribution in [0.5, 0.6) is 0 Å². The fourth-order valence-corrected chi connectivity index (χ4v) is 5.01. The van der Waals surface area contributed by atoms with Crippen molar-refractivity contribution in [3.05, 3.63) is 30.7 Å². The zero-order valence-electron chi connectivity index (χ0n) is 16.8. The molecular weight excluding hydrogens is 416 g/mol. The van der Waals surface area contributed by atoms with Gasteiger partial charge in [-0.1, -0.05) is 13.8 Å². The van der Waals surface area contributed by atoms with E-state index in [1.807, 2.05) is 13.8 Å². The van der Waals surface area contributed by atoms with Gasteiger partial charge in [-0.05, 0) is 49.4 Å². The van der Waals surface area contributed by atoms with E-state index in [1.54, 1.807) is 0 Å². The van der Waals surface area contributed by atoms with Gasteiger partial charge in [-0.15, -0.1) is 0 Å². The molecule has 1 saturated heterocycles. The molecule has 1 aromatic carbocycles. The summed E-state index contributed by atoms with van der Waals surface area (Å²) < 4.78 is 49.9. The first-order chi connectivity index (χ1) is 13.4. The second kappa shape index (κ2) is 9.36. The van der Waals surface area contributed by atoms with E-state index in [-0.39, 0.29) is 34.6 Å². The highest BCUT2D eigenvalue weighted by molar-refractivity contribution is 7.90. The number of hydrogen-bond donors (Lipinski definition) is 1. The van der Waals surface area contributed by atoms with Crippen LogP contribution in [0.15, 0.2) is 34.1 Å². The van der Waals surface area contributed by atoms with Gasteiger partial charge in [0.15, 0.2) is 15.6 Å². The molecule has 0 unspecified atom stereocenters. The number of benzene rings is 1. The van der Waals surface area contributed by atoms with Gasteiger partial charge in [-0.2, -0.15) is 4.31 Å². The van der Waals surface area contributed by atoms with E-state index < -0.39 is 25.9 Å². The summed E-state index contributed by atoms with van der Waals surface area (Å²) in [6.45, 7) is 3.76. The third kappa shape index (κ3) is 6.35. The summed E-state index contributed by atoms with van der Waals surface area (Å²) >= 11 is 0. The van der Waals surface area contributed by atoms with Gasteiger partial charge in [-0.25, -0.2) is 16.8 Å². The van der Waals surface area contributed by atoms with Crippen LogP contribution in [0.25, 0.3) is 0 Å². The normalized spacial score (nSPS) is 19.2. The summed E-state index contributed by atoms with van der Waals surface area (Å²) in [5.74, 6) is -0.379. The van der Waals surface area contributed by atoms with Gasteiger partial charge in [-0.3, -0.25) is 9.59 Å². The van der Waals surface area contributed by atoms with Crippen molar-refractivity contribution in [2.45, 2.75) is 48.9 Å². The molecule has 1 aliphatic heterocycles. The molecule has 1 atom stereocenters. The van der Waals surface area contributed by atoms with E-state index in [0.29, 0.717) is 25.2 Å². The van der Waals surface area contributed by atoms with E-state index in [1.165, 1.54) is 30.7 Å². The second-order valence-corrected chi connectivity index (χ2v) is 11.5. The Morgan fingerprint density at radius 1 is 1.17 bits per heavy atom. The Bertz CT molecular complexity index is 953. The molecule has 0 bridgehead atoms. The summed E-state index contributed by atoms with van der Waals surface area (Å²) in [7, 11) is -7.40. The number of nitrogens with zero attached hydrogens (tertiary/aromatic N) is 1. The highest BCUT2D eigenvalue weighted by Gasteiger charge is 2.33. The molecule has 29 heavy (non-hydrogen) atoms. The Morgan fingerprint density at radius 2 is 1.76 bits per heavy atom. The molecule has 0 aromatic heterocycles. The van der Waals surface area contributed by atoms with E-state index in [9.17, 15) is 26.4 Å². The average molecular weight is 444 g/mol. The Morgan fingerprint density at radius 3 is 2.31 bits per heavy atom. The lowest BCUT2D eigenvalue weighted by Crippen LogP contribution is -2.44. The topological polar surface area (TPSA) is 118 Å². The van der Waals surface area contributed by atoms with Gasteiger partial charge >= 0.3 is 0 Å². The van der Waals surface area contributed by atoms with Crippen LogP contribution in [0, 0.1) is 12.3 Å². The molecule has 1 N–H and O–H groups in total. The molecule has 1 fully saturated rings. The number of carbonyl (C=O) groups excluding carboxylic acids is 2. The first kappa shape index (κ1) is 23.5. The summed E-state index contributed by atoms with van der Waals surface area (Å²) in [5, 5.41) is 2.67. The van der Waals surface area contributed by atoms with Gasteiger partial charge in [0.1, 0.15) is 0 Å². The predicted molar refractivity (Wildman–Crippen MR) is 108 cm³/mol. The van der Waals surface area contributed by atoms with E-state index in [0.717, 1.165) is 10.6 Å². The van der Waals surface area contributed by atoms with Crippen molar-refractivity contribution in [3.63, 3.8) is 0 Å². The van der Waals surface area contributed by atoms with Gasteiger partial charge in [0.05, 0.1) is 22.4 Å². The predicted octanol–water partition coefficient (Wildman–Crippen LogP) is 1.18. The SMILES string of the molecule is CC(C)C[CH]C(=O)N[C@H]1CCCN(S(=O)(=O)c2ccc(S(C)(=O)=O)cc2)CC1=O. The average Bonchev–Trinajstić information content (AvgIpc) is 2.81. The Hall–Kier alpha value is -1.78. The fourth-order valence-electron chi connectivity index (χ4n) is 2.93. The number of carbonyl (C=O) groups is 2. The van der Waals surface area contributed by atoms with Gasteiger partial charge < -0.3 is 5.32 Å². The molecule has 8 nitrogen and oxygen atoms in total. The molecule has 1 amide bonds. The molecule has 10 heteroatoms. The maximum absolute atomic E-state index is 12.9. The van der Waals surface area contributed by atoms with Crippen LogP contribution in [-0.4, -0.2) is 58.2 Å². The fraction of sp³-hybridized carbons (Fsp3) is 0.526. The van der Waals surface area contributed by atoms with Crippen LogP contribution in [0.4, 0.5) is 0 Å². The third-order valence-corrected chi connectivity index (χ3v) is 7.59. The highest BCUT2D eigenvalue weighted by Crippen LogP contribution is 2.21. The van der Waals surface area contributed by atoms with Gasteiger partial charge in [0.25, 0.3) is 0 Å².